The minimum absolute atomic E-state index is 0.0341. The number of Topliss-reactive ketones (excluding diaryl/α,β-unsaturated/α-hetero) is 1. The Hall–Kier alpha value is -2.46. The molecule has 0 aliphatic carbocycles. The van der Waals surface area contributed by atoms with E-state index in [1.807, 2.05) is 30.3 Å². The molecule has 128 valence electrons. The van der Waals surface area contributed by atoms with Gasteiger partial charge in [0.2, 0.25) is 0 Å². The molecule has 2 aromatic carbocycles. The molecule has 0 atom stereocenters. The molecule has 0 radical (unpaired) electrons. The van der Waals surface area contributed by atoms with Crippen LogP contribution >= 0.6 is 11.3 Å². The average Bonchev–Trinajstić information content (AvgIpc) is 3.05. The van der Waals surface area contributed by atoms with Gasteiger partial charge in [-0.25, -0.2) is 4.98 Å². The number of aromatic nitrogens is 1. The van der Waals surface area contributed by atoms with Gasteiger partial charge in [-0.2, -0.15) is 0 Å². The minimum atomic E-state index is 0.0341. The maximum Gasteiger partial charge on any atom is 0.162 e. The van der Waals surface area contributed by atoms with Gasteiger partial charge in [-0.1, -0.05) is 24.3 Å². The predicted octanol–water partition coefficient (Wildman–Crippen LogP) is 5.27. The highest BCUT2D eigenvalue weighted by molar-refractivity contribution is 7.19. The number of hydrogen-bond acceptors (Lipinski definition) is 4. The molecule has 3 rings (SSSR count). The number of carbonyl (C=O) groups is 1. The van der Waals surface area contributed by atoms with Crippen LogP contribution < -0.4 is 4.90 Å². The van der Waals surface area contributed by atoms with Gasteiger partial charge in [-0.05, 0) is 56.7 Å². The highest BCUT2D eigenvalue weighted by Gasteiger charge is 2.13. The van der Waals surface area contributed by atoms with E-state index in [1.165, 1.54) is 5.69 Å². The maximum atomic E-state index is 12.2. The third kappa shape index (κ3) is 3.80. The molecule has 0 bridgehead atoms. The summed E-state index contributed by atoms with van der Waals surface area (Å²) in [5, 5.41) is 0.779. The molecule has 4 heteroatoms. The third-order valence-electron chi connectivity index (χ3n) is 4.24. The second kappa shape index (κ2) is 7.62. The molecule has 0 fully saturated rings. The van der Waals surface area contributed by atoms with Gasteiger partial charge in [0, 0.05) is 18.8 Å². The van der Waals surface area contributed by atoms with E-state index in [9.17, 15) is 4.79 Å². The predicted molar refractivity (Wildman–Crippen MR) is 108 cm³/mol. The first kappa shape index (κ1) is 17.4. The van der Waals surface area contributed by atoms with Crippen LogP contribution in [0.5, 0.6) is 0 Å². The van der Waals surface area contributed by atoms with E-state index in [0.29, 0.717) is 5.57 Å². The van der Waals surface area contributed by atoms with Crippen molar-refractivity contribution in [2.45, 2.75) is 20.8 Å². The highest BCUT2D eigenvalue weighted by Crippen LogP contribution is 2.29. The zero-order valence-corrected chi connectivity index (χ0v) is 15.6. The molecule has 0 saturated heterocycles. The van der Waals surface area contributed by atoms with Crippen LogP contribution in [0.1, 0.15) is 31.3 Å². The quantitative estimate of drug-likeness (QED) is 0.568. The lowest BCUT2D eigenvalue weighted by Gasteiger charge is -2.20. The van der Waals surface area contributed by atoms with Crippen LogP contribution in [0.2, 0.25) is 0 Å². The van der Waals surface area contributed by atoms with Gasteiger partial charge in [0.05, 0.1) is 15.8 Å². The molecule has 1 heterocycles. The first-order valence-corrected chi connectivity index (χ1v) is 9.37. The summed E-state index contributed by atoms with van der Waals surface area (Å²) in [6, 6.07) is 16.3. The lowest BCUT2D eigenvalue weighted by atomic mass is 10.1. The van der Waals surface area contributed by atoms with Crippen LogP contribution in [0.4, 0.5) is 5.69 Å². The number of thiazole rings is 1. The van der Waals surface area contributed by atoms with Crippen molar-refractivity contribution < 1.29 is 4.79 Å². The summed E-state index contributed by atoms with van der Waals surface area (Å²) >= 11 is 1.56. The molecule has 1 aromatic heterocycles. The topological polar surface area (TPSA) is 33.2 Å². The molecular formula is C21H22N2OS. The second-order valence-corrected chi connectivity index (χ2v) is 6.90. The van der Waals surface area contributed by atoms with Crippen molar-refractivity contribution in [1.29, 1.82) is 0 Å². The van der Waals surface area contributed by atoms with E-state index in [1.54, 1.807) is 18.3 Å². The fraction of sp³-hybridized carbons (Fsp3) is 0.238. The van der Waals surface area contributed by atoms with E-state index in [0.717, 1.165) is 33.9 Å². The molecule has 0 saturated carbocycles. The van der Waals surface area contributed by atoms with Crippen molar-refractivity contribution in [2.24, 2.45) is 0 Å². The zero-order chi connectivity index (χ0) is 17.8. The maximum absolute atomic E-state index is 12.2. The summed E-state index contributed by atoms with van der Waals surface area (Å²) in [7, 11) is 0. The molecule has 3 nitrogen and oxygen atoms in total. The molecule has 0 amide bonds. The fourth-order valence-electron chi connectivity index (χ4n) is 2.84. The lowest BCUT2D eigenvalue weighted by molar-refractivity contribution is -0.111. The molecule has 0 aliphatic heterocycles. The van der Waals surface area contributed by atoms with Crippen LogP contribution in [0.15, 0.2) is 48.5 Å². The number of fused-ring (bicyclic) bond motifs is 1. The zero-order valence-electron chi connectivity index (χ0n) is 14.8. The van der Waals surface area contributed by atoms with Crippen molar-refractivity contribution in [3.05, 3.63) is 59.1 Å². The number of ketones is 1. The van der Waals surface area contributed by atoms with Gasteiger partial charge in [0.1, 0.15) is 5.01 Å². The summed E-state index contributed by atoms with van der Waals surface area (Å²) in [6.45, 7) is 7.87. The molecule has 0 N–H and O–H groups in total. The lowest BCUT2D eigenvalue weighted by Crippen LogP contribution is -2.21. The molecule has 0 unspecified atom stereocenters. The van der Waals surface area contributed by atoms with E-state index in [-0.39, 0.29) is 5.78 Å². The third-order valence-corrected chi connectivity index (χ3v) is 5.31. The number of carbonyl (C=O) groups excluding carboxylic acids is 1. The number of anilines is 1. The molecular weight excluding hydrogens is 328 g/mol. The number of benzene rings is 2. The van der Waals surface area contributed by atoms with Crippen molar-refractivity contribution in [3.63, 3.8) is 0 Å². The molecule has 0 aliphatic rings. The van der Waals surface area contributed by atoms with E-state index < -0.39 is 0 Å². The Labute approximate surface area is 152 Å². The van der Waals surface area contributed by atoms with Gasteiger partial charge in [-0.15, -0.1) is 11.3 Å². The fourth-order valence-corrected chi connectivity index (χ4v) is 3.87. The number of allylic oxidation sites excluding steroid dienone is 1. The largest absolute Gasteiger partial charge is 0.372 e. The Balaban J connectivity index is 1.96. The molecule has 3 aromatic rings. The molecule has 0 spiro atoms. The van der Waals surface area contributed by atoms with Gasteiger partial charge < -0.3 is 4.90 Å². The van der Waals surface area contributed by atoms with Crippen LogP contribution in [-0.2, 0) is 4.79 Å². The van der Waals surface area contributed by atoms with Gasteiger partial charge >= 0.3 is 0 Å². The summed E-state index contributed by atoms with van der Waals surface area (Å²) in [5.41, 5.74) is 3.81. The van der Waals surface area contributed by atoms with Crippen LogP contribution in [0.25, 0.3) is 21.9 Å². The SMILES string of the molecule is CCN(CC)c1ccc(/C=C(\C(C)=O)c2nc3ccccc3s2)cc1. The number of para-hydroxylation sites is 1. The normalized spacial score (nSPS) is 11.7. The molecule has 25 heavy (non-hydrogen) atoms. The Morgan fingerprint density at radius 2 is 1.76 bits per heavy atom. The van der Waals surface area contributed by atoms with Crippen LogP contribution in [-0.4, -0.2) is 23.9 Å². The van der Waals surface area contributed by atoms with Crippen molar-refractivity contribution >= 4 is 44.7 Å². The summed E-state index contributed by atoms with van der Waals surface area (Å²) in [5.74, 6) is 0.0341. The summed E-state index contributed by atoms with van der Waals surface area (Å²) in [4.78, 5) is 19.1. The standard InChI is InChI=1S/C21H22N2OS/c1-4-23(5-2)17-12-10-16(11-13-17)14-18(15(3)24)21-22-19-8-6-7-9-20(19)25-21/h6-14H,4-5H2,1-3H3/b18-14+. The van der Waals surface area contributed by atoms with Gasteiger partial charge in [-0.3, -0.25) is 4.79 Å². The Morgan fingerprint density at radius 1 is 1.08 bits per heavy atom. The van der Waals surface area contributed by atoms with Crippen LogP contribution in [0.3, 0.4) is 0 Å². The summed E-state index contributed by atoms with van der Waals surface area (Å²) in [6.07, 6.45) is 1.94. The smallest absolute Gasteiger partial charge is 0.162 e. The minimum Gasteiger partial charge on any atom is -0.372 e. The van der Waals surface area contributed by atoms with E-state index in [2.05, 4.69) is 48.0 Å². The Bertz CT molecular complexity index is 872. The van der Waals surface area contributed by atoms with Crippen molar-refractivity contribution in [1.82, 2.24) is 4.98 Å². The average molecular weight is 350 g/mol. The number of rotatable bonds is 6. The second-order valence-electron chi connectivity index (χ2n) is 5.86. The first-order valence-electron chi connectivity index (χ1n) is 8.56. The van der Waals surface area contributed by atoms with Crippen LogP contribution in [0, 0.1) is 0 Å². The van der Waals surface area contributed by atoms with E-state index in [4.69, 9.17) is 0 Å². The Kier molecular flexibility index (Phi) is 5.29. The number of nitrogens with zero attached hydrogens (tertiary/aromatic N) is 2. The first-order chi connectivity index (χ1) is 12.1. The monoisotopic (exact) mass is 350 g/mol. The van der Waals surface area contributed by atoms with Gasteiger partial charge in [0.25, 0.3) is 0 Å². The number of hydrogen-bond donors (Lipinski definition) is 0. The van der Waals surface area contributed by atoms with Gasteiger partial charge in [0.15, 0.2) is 5.78 Å². The van der Waals surface area contributed by atoms with E-state index >= 15 is 0 Å². The van der Waals surface area contributed by atoms with Crippen molar-refractivity contribution in [2.75, 3.05) is 18.0 Å². The summed E-state index contributed by atoms with van der Waals surface area (Å²) < 4.78 is 1.10. The Morgan fingerprint density at radius 3 is 2.36 bits per heavy atom. The van der Waals surface area contributed by atoms with Crippen molar-refractivity contribution in [3.8, 4) is 0 Å². The highest BCUT2D eigenvalue weighted by atomic mass is 32.1.